The Kier molecular flexibility index (Phi) is 7.45. The topological polar surface area (TPSA) is 75.3 Å². The molecule has 1 amide bonds. The van der Waals surface area contributed by atoms with E-state index in [9.17, 15) is 10.1 Å². The first-order valence-corrected chi connectivity index (χ1v) is 8.77. The van der Waals surface area contributed by atoms with E-state index in [1.807, 2.05) is 43.3 Å². The Hall–Kier alpha value is -2.36. The monoisotopic (exact) mass is 402 g/mol. The first-order valence-electron chi connectivity index (χ1n) is 7.97. The molecule has 5 nitrogen and oxygen atoms in total. The van der Waals surface area contributed by atoms with Crippen molar-refractivity contribution in [2.75, 3.05) is 19.8 Å². The van der Waals surface area contributed by atoms with Crippen LogP contribution in [-0.2, 0) is 9.53 Å². The molecule has 2 rings (SSSR count). The molecule has 1 heterocycles. The molecule has 1 aromatic carbocycles. The average molecular weight is 403 g/mol. The van der Waals surface area contributed by atoms with E-state index in [1.54, 1.807) is 6.07 Å². The Morgan fingerprint density at radius 2 is 2.08 bits per heavy atom. The summed E-state index contributed by atoms with van der Waals surface area (Å²) in [5.74, 6) is 0.715. The minimum atomic E-state index is -0.416. The van der Waals surface area contributed by atoms with Crippen molar-refractivity contribution in [3.8, 4) is 17.4 Å². The van der Waals surface area contributed by atoms with Crippen molar-refractivity contribution in [1.82, 2.24) is 5.32 Å². The number of amides is 1. The van der Waals surface area contributed by atoms with Crippen LogP contribution in [0.15, 0.2) is 50.9 Å². The van der Waals surface area contributed by atoms with E-state index < -0.39 is 5.91 Å². The number of nitrogens with zero attached hydrogens (tertiary/aromatic N) is 1. The SMILES string of the molecule is CCOCCCNC(=O)/C(C#N)=C/c1ccc(-c2ccc(Br)cc2)o1. The maximum Gasteiger partial charge on any atom is 0.262 e. The number of hydrogen-bond acceptors (Lipinski definition) is 4. The Morgan fingerprint density at radius 1 is 1.32 bits per heavy atom. The van der Waals surface area contributed by atoms with Gasteiger partial charge in [-0.3, -0.25) is 4.79 Å². The molecular formula is C19H19BrN2O3. The summed E-state index contributed by atoms with van der Waals surface area (Å²) in [5, 5.41) is 11.9. The third-order valence-electron chi connectivity index (χ3n) is 3.36. The van der Waals surface area contributed by atoms with Gasteiger partial charge in [0.05, 0.1) is 0 Å². The normalized spacial score (nSPS) is 11.2. The molecule has 1 aromatic heterocycles. The van der Waals surface area contributed by atoms with Crippen molar-refractivity contribution in [2.45, 2.75) is 13.3 Å². The summed E-state index contributed by atoms with van der Waals surface area (Å²) in [6.07, 6.45) is 2.15. The molecule has 2 aromatic rings. The number of carbonyl (C=O) groups is 1. The predicted octanol–water partition coefficient (Wildman–Crippen LogP) is 4.16. The van der Waals surface area contributed by atoms with Crippen molar-refractivity contribution in [2.24, 2.45) is 0 Å². The van der Waals surface area contributed by atoms with E-state index in [2.05, 4.69) is 21.2 Å². The van der Waals surface area contributed by atoms with E-state index >= 15 is 0 Å². The molecule has 0 aliphatic carbocycles. The number of furan rings is 1. The van der Waals surface area contributed by atoms with Crippen LogP contribution in [0.3, 0.4) is 0 Å². The third-order valence-corrected chi connectivity index (χ3v) is 3.89. The quantitative estimate of drug-likeness (QED) is 0.408. The Bertz CT molecular complexity index is 773. The van der Waals surface area contributed by atoms with Gasteiger partial charge in [-0.25, -0.2) is 0 Å². The number of halogens is 1. The molecule has 0 saturated carbocycles. The van der Waals surface area contributed by atoms with Crippen molar-refractivity contribution in [1.29, 1.82) is 5.26 Å². The molecule has 0 saturated heterocycles. The fourth-order valence-electron chi connectivity index (χ4n) is 2.11. The lowest BCUT2D eigenvalue weighted by molar-refractivity contribution is -0.117. The fourth-order valence-corrected chi connectivity index (χ4v) is 2.37. The summed E-state index contributed by atoms with van der Waals surface area (Å²) in [5.41, 5.74) is 0.926. The zero-order chi connectivity index (χ0) is 18.1. The largest absolute Gasteiger partial charge is 0.457 e. The van der Waals surface area contributed by atoms with Crippen LogP contribution in [0.4, 0.5) is 0 Å². The zero-order valence-electron chi connectivity index (χ0n) is 13.9. The van der Waals surface area contributed by atoms with E-state index in [1.165, 1.54) is 6.08 Å². The summed E-state index contributed by atoms with van der Waals surface area (Å²) < 4.78 is 11.9. The smallest absolute Gasteiger partial charge is 0.262 e. The second kappa shape index (κ2) is 9.82. The van der Waals surface area contributed by atoms with Crippen molar-refractivity contribution >= 4 is 27.9 Å². The molecule has 6 heteroatoms. The molecule has 0 bridgehead atoms. The summed E-state index contributed by atoms with van der Waals surface area (Å²) in [6.45, 7) is 3.61. The molecular weight excluding hydrogens is 384 g/mol. The van der Waals surface area contributed by atoms with Crippen molar-refractivity contribution in [3.63, 3.8) is 0 Å². The van der Waals surface area contributed by atoms with Crippen LogP contribution >= 0.6 is 15.9 Å². The first-order chi connectivity index (χ1) is 12.1. The van der Waals surface area contributed by atoms with Gasteiger partial charge in [-0.1, -0.05) is 28.1 Å². The lowest BCUT2D eigenvalue weighted by Gasteiger charge is -2.04. The van der Waals surface area contributed by atoms with Gasteiger partial charge < -0.3 is 14.5 Å². The van der Waals surface area contributed by atoms with E-state index in [4.69, 9.17) is 9.15 Å². The summed E-state index contributed by atoms with van der Waals surface area (Å²) in [4.78, 5) is 12.0. The highest BCUT2D eigenvalue weighted by Crippen LogP contribution is 2.24. The molecule has 0 fully saturated rings. The maximum absolute atomic E-state index is 12.0. The summed E-state index contributed by atoms with van der Waals surface area (Å²) in [6, 6.07) is 13.1. The van der Waals surface area contributed by atoms with E-state index in [-0.39, 0.29) is 5.57 Å². The van der Waals surface area contributed by atoms with Gasteiger partial charge in [-0.2, -0.15) is 5.26 Å². The van der Waals surface area contributed by atoms with Crippen molar-refractivity contribution < 1.29 is 13.9 Å². The van der Waals surface area contributed by atoms with Gasteiger partial charge >= 0.3 is 0 Å². The van der Waals surface area contributed by atoms with Crippen LogP contribution in [0.5, 0.6) is 0 Å². The molecule has 0 aliphatic rings. The number of carbonyl (C=O) groups excluding carboxylic acids is 1. The molecule has 0 atom stereocenters. The molecule has 0 radical (unpaired) electrons. The van der Waals surface area contributed by atoms with Crippen LogP contribution in [0.1, 0.15) is 19.1 Å². The van der Waals surface area contributed by atoms with Gasteiger partial charge in [0.25, 0.3) is 5.91 Å². The minimum absolute atomic E-state index is 0.00751. The maximum atomic E-state index is 12.0. The Balaban J connectivity index is 2.01. The molecule has 130 valence electrons. The first kappa shape index (κ1) is 19.0. The minimum Gasteiger partial charge on any atom is -0.457 e. The van der Waals surface area contributed by atoms with Crippen LogP contribution < -0.4 is 5.32 Å². The van der Waals surface area contributed by atoms with Gasteiger partial charge in [0.1, 0.15) is 23.2 Å². The van der Waals surface area contributed by atoms with Crippen LogP contribution in [-0.4, -0.2) is 25.7 Å². The molecule has 0 aliphatic heterocycles. The highest BCUT2D eigenvalue weighted by Gasteiger charge is 2.10. The average Bonchev–Trinajstić information content (AvgIpc) is 3.08. The number of ether oxygens (including phenoxy) is 1. The van der Waals surface area contributed by atoms with Crippen LogP contribution in [0.25, 0.3) is 17.4 Å². The van der Waals surface area contributed by atoms with Gasteiger partial charge in [0, 0.05) is 35.9 Å². The predicted molar refractivity (Wildman–Crippen MR) is 99.6 cm³/mol. The highest BCUT2D eigenvalue weighted by atomic mass is 79.9. The lowest BCUT2D eigenvalue weighted by Crippen LogP contribution is -2.26. The van der Waals surface area contributed by atoms with Crippen LogP contribution in [0, 0.1) is 11.3 Å². The number of nitrogens with one attached hydrogen (secondary N) is 1. The second-order valence-electron chi connectivity index (χ2n) is 5.19. The lowest BCUT2D eigenvalue weighted by atomic mass is 10.2. The molecule has 25 heavy (non-hydrogen) atoms. The van der Waals surface area contributed by atoms with E-state index in [0.717, 1.165) is 10.0 Å². The number of nitriles is 1. The molecule has 1 N–H and O–H groups in total. The molecule has 0 unspecified atom stereocenters. The zero-order valence-corrected chi connectivity index (χ0v) is 15.5. The standard InChI is InChI=1S/C19H19BrN2O3/c1-2-24-11-3-10-22-19(23)15(13-21)12-17-8-9-18(25-17)14-4-6-16(20)7-5-14/h4-9,12H,2-3,10-11H2,1H3,(H,22,23)/b15-12+. The summed E-state index contributed by atoms with van der Waals surface area (Å²) in [7, 11) is 0. The second-order valence-corrected chi connectivity index (χ2v) is 6.10. The van der Waals surface area contributed by atoms with Crippen LogP contribution in [0.2, 0.25) is 0 Å². The van der Waals surface area contributed by atoms with Gasteiger partial charge in [-0.15, -0.1) is 0 Å². The molecule has 0 spiro atoms. The van der Waals surface area contributed by atoms with Gasteiger partial charge in [-0.05, 0) is 37.6 Å². The Morgan fingerprint density at radius 3 is 2.76 bits per heavy atom. The van der Waals surface area contributed by atoms with E-state index in [0.29, 0.717) is 37.7 Å². The third kappa shape index (κ3) is 5.89. The Labute approximate surface area is 155 Å². The highest BCUT2D eigenvalue weighted by molar-refractivity contribution is 9.10. The number of rotatable bonds is 8. The number of benzene rings is 1. The van der Waals surface area contributed by atoms with Gasteiger partial charge in [0.2, 0.25) is 0 Å². The fraction of sp³-hybridized carbons (Fsp3) is 0.263. The number of hydrogen-bond donors (Lipinski definition) is 1. The summed E-state index contributed by atoms with van der Waals surface area (Å²) >= 11 is 3.39. The van der Waals surface area contributed by atoms with Gasteiger partial charge in [0.15, 0.2) is 0 Å². The van der Waals surface area contributed by atoms with Crippen molar-refractivity contribution in [3.05, 3.63) is 52.2 Å².